The molecule has 3 heteroatoms. The second-order valence-electron chi connectivity index (χ2n) is 5.00. The molecule has 0 heterocycles. The Morgan fingerprint density at radius 2 is 1.85 bits per heavy atom. The van der Waals surface area contributed by atoms with Crippen LogP contribution in [-0.2, 0) is 6.42 Å². The molecular formula is C17H20FNO. The van der Waals surface area contributed by atoms with E-state index in [-0.39, 0.29) is 11.9 Å². The van der Waals surface area contributed by atoms with Crippen LogP contribution in [0, 0.1) is 12.7 Å². The summed E-state index contributed by atoms with van der Waals surface area (Å²) in [5, 5.41) is 0. The normalized spacial score (nSPS) is 12.2. The minimum Gasteiger partial charge on any atom is -0.457 e. The van der Waals surface area contributed by atoms with Crippen molar-refractivity contribution >= 4 is 0 Å². The Balaban J connectivity index is 2.26. The number of rotatable bonds is 5. The van der Waals surface area contributed by atoms with Crippen LogP contribution in [0.1, 0.15) is 24.5 Å². The maximum Gasteiger partial charge on any atom is 0.133 e. The zero-order valence-corrected chi connectivity index (χ0v) is 11.9. The highest BCUT2D eigenvalue weighted by Crippen LogP contribution is 2.28. The number of halogens is 1. The lowest BCUT2D eigenvalue weighted by Gasteiger charge is -2.15. The first-order valence-electron chi connectivity index (χ1n) is 6.87. The van der Waals surface area contributed by atoms with Crippen molar-refractivity contribution in [2.24, 2.45) is 5.73 Å². The van der Waals surface area contributed by atoms with E-state index < -0.39 is 0 Å². The van der Waals surface area contributed by atoms with Crippen molar-refractivity contribution in [1.82, 2.24) is 0 Å². The van der Waals surface area contributed by atoms with Crippen molar-refractivity contribution in [3.8, 4) is 11.5 Å². The van der Waals surface area contributed by atoms with Gasteiger partial charge in [-0.15, -0.1) is 0 Å². The average Bonchev–Trinajstić information content (AvgIpc) is 2.45. The van der Waals surface area contributed by atoms with Gasteiger partial charge in [0.1, 0.15) is 17.3 Å². The highest BCUT2D eigenvalue weighted by molar-refractivity contribution is 5.39. The first-order chi connectivity index (χ1) is 9.60. The molecule has 0 saturated carbocycles. The number of aryl methyl sites for hydroxylation is 1. The highest BCUT2D eigenvalue weighted by atomic mass is 19.1. The number of hydrogen-bond donors (Lipinski definition) is 1. The van der Waals surface area contributed by atoms with Crippen LogP contribution in [0.3, 0.4) is 0 Å². The molecule has 1 unspecified atom stereocenters. The van der Waals surface area contributed by atoms with Gasteiger partial charge in [0, 0.05) is 11.6 Å². The standard InChI is InChI=1S/C17H20FNO/c1-3-13(19)11-15-16(18)5-4-6-17(15)20-14-9-7-12(2)8-10-14/h4-10,13H,3,11,19H2,1-2H3. The van der Waals surface area contributed by atoms with Crippen molar-refractivity contribution in [1.29, 1.82) is 0 Å². The Morgan fingerprint density at radius 1 is 1.15 bits per heavy atom. The van der Waals surface area contributed by atoms with Crippen molar-refractivity contribution in [2.45, 2.75) is 32.7 Å². The molecule has 20 heavy (non-hydrogen) atoms. The molecule has 2 nitrogen and oxygen atoms in total. The summed E-state index contributed by atoms with van der Waals surface area (Å²) in [6.45, 7) is 4.00. The summed E-state index contributed by atoms with van der Waals surface area (Å²) in [7, 11) is 0. The predicted molar refractivity (Wildman–Crippen MR) is 79.6 cm³/mol. The summed E-state index contributed by atoms with van der Waals surface area (Å²) in [6.07, 6.45) is 1.28. The molecule has 106 valence electrons. The fraction of sp³-hybridized carbons (Fsp3) is 0.294. The zero-order valence-electron chi connectivity index (χ0n) is 11.9. The molecule has 1 atom stereocenters. The molecule has 0 spiro atoms. The second-order valence-corrected chi connectivity index (χ2v) is 5.00. The summed E-state index contributed by atoms with van der Waals surface area (Å²) in [6, 6.07) is 12.5. The van der Waals surface area contributed by atoms with Gasteiger partial charge < -0.3 is 10.5 Å². The van der Waals surface area contributed by atoms with Crippen molar-refractivity contribution in [3.63, 3.8) is 0 Å². The molecule has 0 aliphatic heterocycles. The third kappa shape index (κ3) is 3.58. The van der Waals surface area contributed by atoms with Crippen LogP contribution in [0.25, 0.3) is 0 Å². The van der Waals surface area contributed by atoms with E-state index in [9.17, 15) is 4.39 Å². The van der Waals surface area contributed by atoms with Crippen molar-refractivity contribution in [2.75, 3.05) is 0 Å². The minimum absolute atomic E-state index is 0.0627. The lowest BCUT2D eigenvalue weighted by Crippen LogP contribution is -2.22. The molecule has 2 rings (SSSR count). The van der Waals surface area contributed by atoms with E-state index in [1.807, 2.05) is 38.1 Å². The van der Waals surface area contributed by atoms with Crippen LogP contribution in [0.2, 0.25) is 0 Å². The Bertz CT molecular complexity index is 566. The molecule has 0 aliphatic carbocycles. The van der Waals surface area contributed by atoms with Gasteiger partial charge in [0.15, 0.2) is 0 Å². The van der Waals surface area contributed by atoms with E-state index in [4.69, 9.17) is 10.5 Å². The molecule has 0 aromatic heterocycles. The van der Waals surface area contributed by atoms with Gasteiger partial charge in [-0.25, -0.2) is 4.39 Å². The predicted octanol–water partition coefficient (Wildman–Crippen LogP) is 4.21. The van der Waals surface area contributed by atoms with E-state index in [1.54, 1.807) is 12.1 Å². The van der Waals surface area contributed by atoms with Gasteiger partial charge in [0.25, 0.3) is 0 Å². The third-order valence-electron chi connectivity index (χ3n) is 3.32. The number of hydrogen-bond acceptors (Lipinski definition) is 2. The lowest BCUT2D eigenvalue weighted by atomic mass is 10.0. The molecule has 2 N–H and O–H groups in total. The minimum atomic E-state index is -0.265. The van der Waals surface area contributed by atoms with E-state index >= 15 is 0 Å². The van der Waals surface area contributed by atoms with Crippen molar-refractivity contribution in [3.05, 3.63) is 59.4 Å². The van der Waals surface area contributed by atoms with E-state index in [2.05, 4.69) is 0 Å². The maximum atomic E-state index is 14.0. The van der Waals surface area contributed by atoms with Gasteiger partial charge >= 0.3 is 0 Å². The molecule has 0 aliphatic rings. The van der Waals surface area contributed by atoms with Gasteiger partial charge in [-0.05, 0) is 44.0 Å². The summed E-state index contributed by atoms with van der Waals surface area (Å²) >= 11 is 0. The summed E-state index contributed by atoms with van der Waals surface area (Å²) in [5.74, 6) is 0.976. The van der Waals surface area contributed by atoms with Gasteiger partial charge in [0.05, 0.1) is 0 Å². The molecule has 2 aromatic carbocycles. The molecule has 0 radical (unpaired) electrons. The molecule has 0 saturated heterocycles. The van der Waals surface area contributed by atoms with Crippen LogP contribution in [0.15, 0.2) is 42.5 Å². The van der Waals surface area contributed by atoms with Crippen LogP contribution in [-0.4, -0.2) is 6.04 Å². The molecule has 0 fully saturated rings. The van der Waals surface area contributed by atoms with Crippen LogP contribution >= 0.6 is 0 Å². The summed E-state index contributed by atoms with van der Waals surface area (Å²) in [4.78, 5) is 0. The first kappa shape index (κ1) is 14.5. The van der Waals surface area contributed by atoms with Gasteiger partial charge in [0.2, 0.25) is 0 Å². The maximum absolute atomic E-state index is 14.0. The third-order valence-corrected chi connectivity index (χ3v) is 3.32. The van der Waals surface area contributed by atoms with E-state index in [1.165, 1.54) is 6.07 Å². The SMILES string of the molecule is CCC(N)Cc1c(F)cccc1Oc1ccc(C)cc1. The summed E-state index contributed by atoms with van der Waals surface area (Å²) in [5.41, 5.74) is 7.63. The monoisotopic (exact) mass is 273 g/mol. The fourth-order valence-electron chi connectivity index (χ4n) is 1.97. The Kier molecular flexibility index (Phi) is 4.74. The van der Waals surface area contributed by atoms with Gasteiger partial charge in [-0.1, -0.05) is 30.7 Å². The van der Waals surface area contributed by atoms with E-state index in [0.29, 0.717) is 23.5 Å². The van der Waals surface area contributed by atoms with Crippen molar-refractivity contribution < 1.29 is 9.13 Å². The Labute approximate surface area is 119 Å². The average molecular weight is 273 g/mol. The van der Waals surface area contributed by atoms with Crippen LogP contribution in [0.4, 0.5) is 4.39 Å². The smallest absolute Gasteiger partial charge is 0.133 e. The number of benzene rings is 2. The Hall–Kier alpha value is -1.87. The summed E-state index contributed by atoms with van der Waals surface area (Å²) < 4.78 is 19.8. The Morgan fingerprint density at radius 3 is 2.50 bits per heavy atom. The molecule has 0 amide bonds. The first-order valence-corrected chi connectivity index (χ1v) is 6.87. The molecule has 2 aromatic rings. The molecular weight excluding hydrogens is 253 g/mol. The molecule has 0 bridgehead atoms. The largest absolute Gasteiger partial charge is 0.457 e. The lowest BCUT2D eigenvalue weighted by molar-refractivity contribution is 0.461. The fourth-order valence-corrected chi connectivity index (χ4v) is 1.97. The topological polar surface area (TPSA) is 35.2 Å². The zero-order chi connectivity index (χ0) is 14.5. The van der Waals surface area contributed by atoms with Gasteiger partial charge in [-0.2, -0.15) is 0 Å². The van der Waals surface area contributed by atoms with E-state index in [0.717, 1.165) is 12.0 Å². The highest BCUT2D eigenvalue weighted by Gasteiger charge is 2.13. The number of ether oxygens (including phenoxy) is 1. The second kappa shape index (κ2) is 6.53. The van der Waals surface area contributed by atoms with Crippen LogP contribution in [0.5, 0.6) is 11.5 Å². The van der Waals surface area contributed by atoms with Crippen LogP contribution < -0.4 is 10.5 Å². The quantitative estimate of drug-likeness (QED) is 0.885. The van der Waals surface area contributed by atoms with Gasteiger partial charge in [-0.3, -0.25) is 0 Å². The number of nitrogens with two attached hydrogens (primary N) is 1.